The van der Waals surface area contributed by atoms with E-state index in [2.05, 4.69) is 22.5 Å². The minimum absolute atomic E-state index is 0.00548. The van der Waals surface area contributed by atoms with E-state index < -0.39 is 0 Å². The van der Waals surface area contributed by atoms with E-state index in [0.29, 0.717) is 31.6 Å². The zero-order valence-electron chi connectivity index (χ0n) is 14.1. The molecule has 0 saturated carbocycles. The molecule has 132 valence electrons. The number of hydrogen-bond donors (Lipinski definition) is 2. The first-order valence-corrected chi connectivity index (χ1v) is 9.77. The largest absolute Gasteiger partial charge is 0.369 e. The SMILES string of the molecule is CC(=O)NCSSC(C)OCCOCC(=O)NCC#CC(C)C. The van der Waals surface area contributed by atoms with Crippen molar-refractivity contribution in [2.45, 2.75) is 33.1 Å². The highest BCUT2D eigenvalue weighted by molar-refractivity contribution is 8.76. The van der Waals surface area contributed by atoms with Crippen LogP contribution >= 0.6 is 21.6 Å². The van der Waals surface area contributed by atoms with Crippen molar-refractivity contribution >= 4 is 33.4 Å². The molecule has 0 heterocycles. The van der Waals surface area contributed by atoms with Gasteiger partial charge in [0.2, 0.25) is 11.8 Å². The molecule has 8 heteroatoms. The molecule has 0 aliphatic rings. The van der Waals surface area contributed by atoms with E-state index in [0.717, 1.165) is 0 Å². The zero-order chi connectivity index (χ0) is 17.5. The van der Waals surface area contributed by atoms with Crippen molar-refractivity contribution in [3.05, 3.63) is 0 Å². The first-order valence-electron chi connectivity index (χ1n) is 7.39. The van der Waals surface area contributed by atoms with Crippen molar-refractivity contribution < 1.29 is 19.1 Å². The van der Waals surface area contributed by atoms with Crippen LogP contribution in [0.4, 0.5) is 0 Å². The maximum absolute atomic E-state index is 11.4. The van der Waals surface area contributed by atoms with Gasteiger partial charge in [-0.25, -0.2) is 0 Å². The first kappa shape index (κ1) is 22.1. The third-order valence-corrected chi connectivity index (χ3v) is 4.54. The molecule has 0 saturated heterocycles. The van der Waals surface area contributed by atoms with Crippen LogP contribution in [-0.4, -0.2) is 49.5 Å². The molecule has 2 amide bonds. The second-order valence-corrected chi connectivity index (χ2v) is 7.50. The van der Waals surface area contributed by atoms with Crippen molar-refractivity contribution in [3.8, 4) is 11.8 Å². The van der Waals surface area contributed by atoms with Crippen molar-refractivity contribution in [1.29, 1.82) is 0 Å². The van der Waals surface area contributed by atoms with Crippen LogP contribution in [0.3, 0.4) is 0 Å². The number of ether oxygens (including phenoxy) is 2. The summed E-state index contributed by atoms with van der Waals surface area (Å²) < 4.78 is 10.7. The molecule has 2 N–H and O–H groups in total. The molecule has 23 heavy (non-hydrogen) atoms. The van der Waals surface area contributed by atoms with Crippen molar-refractivity contribution in [2.24, 2.45) is 5.92 Å². The number of nitrogens with one attached hydrogen (secondary N) is 2. The summed E-state index contributed by atoms with van der Waals surface area (Å²) in [5, 5.41) is 5.35. The van der Waals surface area contributed by atoms with Gasteiger partial charge in [0.05, 0.1) is 25.6 Å². The monoisotopic (exact) mass is 362 g/mol. The Hall–Kier alpha value is -0.880. The zero-order valence-corrected chi connectivity index (χ0v) is 15.8. The molecular weight excluding hydrogens is 336 g/mol. The molecule has 1 atom stereocenters. The lowest BCUT2D eigenvalue weighted by atomic mass is 10.2. The Balaban J connectivity index is 3.45. The molecule has 0 aromatic rings. The second-order valence-electron chi connectivity index (χ2n) is 4.83. The molecule has 0 spiro atoms. The maximum Gasteiger partial charge on any atom is 0.246 e. The molecule has 0 aromatic heterocycles. The maximum atomic E-state index is 11.4. The number of carbonyl (C=O) groups is 2. The summed E-state index contributed by atoms with van der Waals surface area (Å²) in [6, 6.07) is 0. The topological polar surface area (TPSA) is 76.7 Å². The van der Waals surface area contributed by atoms with Crippen molar-refractivity contribution in [1.82, 2.24) is 10.6 Å². The highest BCUT2D eigenvalue weighted by Gasteiger charge is 2.04. The van der Waals surface area contributed by atoms with Crippen molar-refractivity contribution in [3.63, 3.8) is 0 Å². The van der Waals surface area contributed by atoms with Gasteiger partial charge < -0.3 is 20.1 Å². The molecule has 0 fully saturated rings. The Labute approximate surface area is 146 Å². The molecular formula is C15H26N2O4S2. The number of rotatable bonds is 11. The number of amides is 2. The Kier molecular flexibility index (Phi) is 14.1. The fourth-order valence-corrected chi connectivity index (χ4v) is 2.97. The average molecular weight is 363 g/mol. The van der Waals surface area contributed by atoms with Gasteiger partial charge in [-0.2, -0.15) is 0 Å². The molecule has 0 aliphatic carbocycles. The van der Waals surface area contributed by atoms with Crippen molar-refractivity contribution in [2.75, 3.05) is 32.2 Å². The normalized spacial score (nSPS) is 11.5. The van der Waals surface area contributed by atoms with Crippen LogP contribution in [0.25, 0.3) is 0 Å². The molecule has 0 bridgehead atoms. The molecule has 6 nitrogen and oxygen atoms in total. The van der Waals surface area contributed by atoms with Gasteiger partial charge in [0, 0.05) is 12.8 Å². The quantitative estimate of drug-likeness (QED) is 0.252. The molecule has 1 unspecified atom stereocenters. The molecule has 0 radical (unpaired) electrons. The van der Waals surface area contributed by atoms with Crippen LogP contribution in [0, 0.1) is 17.8 Å². The Morgan fingerprint density at radius 1 is 1.17 bits per heavy atom. The average Bonchev–Trinajstić information content (AvgIpc) is 2.47. The van der Waals surface area contributed by atoms with Crippen LogP contribution in [0.1, 0.15) is 27.7 Å². The highest BCUT2D eigenvalue weighted by Crippen LogP contribution is 2.25. The van der Waals surface area contributed by atoms with Gasteiger partial charge in [0.1, 0.15) is 12.0 Å². The lowest BCUT2D eigenvalue weighted by molar-refractivity contribution is -0.126. The van der Waals surface area contributed by atoms with E-state index in [9.17, 15) is 9.59 Å². The fraction of sp³-hybridized carbons (Fsp3) is 0.733. The van der Waals surface area contributed by atoms with Gasteiger partial charge in [0.15, 0.2) is 0 Å². The van der Waals surface area contributed by atoms with E-state index in [-0.39, 0.29) is 23.9 Å². The lowest BCUT2D eigenvalue weighted by Gasteiger charge is -2.12. The minimum Gasteiger partial charge on any atom is -0.369 e. The van der Waals surface area contributed by atoms with Gasteiger partial charge in [-0.3, -0.25) is 9.59 Å². The predicted molar refractivity (Wildman–Crippen MR) is 95.7 cm³/mol. The van der Waals surface area contributed by atoms with Gasteiger partial charge in [0.25, 0.3) is 0 Å². The molecule has 0 rings (SSSR count). The van der Waals surface area contributed by atoms with Gasteiger partial charge in [-0.05, 0) is 6.92 Å². The summed E-state index contributed by atoms with van der Waals surface area (Å²) in [7, 11) is 3.04. The van der Waals surface area contributed by atoms with Crippen LogP contribution in [0.2, 0.25) is 0 Å². The van der Waals surface area contributed by atoms with Crippen LogP contribution < -0.4 is 10.6 Å². The summed E-state index contributed by atoms with van der Waals surface area (Å²) in [6.07, 6.45) is 0. The van der Waals surface area contributed by atoms with Crippen LogP contribution in [-0.2, 0) is 19.1 Å². The first-order chi connectivity index (χ1) is 10.9. The van der Waals surface area contributed by atoms with E-state index >= 15 is 0 Å². The third-order valence-electron chi connectivity index (χ3n) is 2.16. The summed E-state index contributed by atoms with van der Waals surface area (Å²) >= 11 is 0. The highest BCUT2D eigenvalue weighted by atomic mass is 33.1. The number of carbonyl (C=O) groups excluding carboxylic acids is 2. The third kappa shape index (κ3) is 17.3. The number of hydrogen-bond acceptors (Lipinski definition) is 6. The van der Waals surface area contributed by atoms with Gasteiger partial charge in [-0.1, -0.05) is 47.3 Å². The molecule has 0 aliphatic heterocycles. The van der Waals surface area contributed by atoms with Gasteiger partial charge in [-0.15, -0.1) is 0 Å². The lowest BCUT2D eigenvalue weighted by Crippen LogP contribution is -2.28. The summed E-state index contributed by atoms with van der Waals surface area (Å²) in [6.45, 7) is 8.51. The van der Waals surface area contributed by atoms with Crippen LogP contribution in [0.5, 0.6) is 0 Å². The summed E-state index contributed by atoms with van der Waals surface area (Å²) in [5.74, 6) is 6.45. The second kappa shape index (κ2) is 14.7. The summed E-state index contributed by atoms with van der Waals surface area (Å²) in [5.41, 5.74) is -0.0162. The Morgan fingerprint density at radius 2 is 1.91 bits per heavy atom. The Morgan fingerprint density at radius 3 is 2.57 bits per heavy atom. The smallest absolute Gasteiger partial charge is 0.246 e. The fourth-order valence-electron chi connectivity index (χ4n) is 1.18. The summed E-state index contributed by atoms with van der Waals surface area (Å²) in [4.78, 5) is 22.1. The standard InChI is InChI=1S/C15H26N2O4S2/c1-12(2)6-5-7-16-15(19)10-20-8-9-21-14(4)23-22-11-17-13(3)18/h12,14H,7-11H2,1-4H3,(H,16,19)(H,17,18). The van der Waals surface area contributed by atoms with E-state index in [1.165, 1.54) is 28.5 Å². The van der Waals surface area contributed by atoms with E-state index in [1.54, 1.807) is 0 Å². The van der Waals surface area contributed by atoms with Gasteiger partial charge >= 0.3 is 0 Å². The van der Waals surface area contributed by atoms with Crippen LogP contribution in [0.15, 0.2) is 0 Å². The Bertz CT molecular complexity index is 408. The molecule has 0 aromatic carbocycles. The predicted octanol–water partition coefficient (Wildman–Crippen LogP) is 1.62. The minimum atomic E-state index is -0.184. The van der Waals surface area contributed by atoms with E-state index in [4.69, 9.17) is 9.47 Å². The van der Waals surface area contributed by atoms with E-state index in [1.807, 2.05) is 20.8 Å².